The summed E-state index contributed by atoms with van der Waals surface area (Å²) in [4.78, 5) is 25.9. The van der Waals surface area contributed by atoms with Crippen LogP contribution in [0.4, 0.5) is 0 Å². The summed E-state index contributed by atoms with van der Waals surface area (Å²) in [6.45, 7) is -0.216. The molecular weight excluding hydrogens is 342 g/mol. The molecule has 1 aromatic heterocycles. The van der Waals surface area contributed by atoms with Gasteiger partial charge in [-0.25, -0.2) is 13.1 Å². The van der Waals surface area contributed by atoms with Crippen LogP contribution in [0.1, 0.15) is 6.42 Å². The Hall–Kier alpha value is -2.48. The van der Waals surface area contributed by atoms with Crippen molar-refractivity contribution in [3.05, 3.63) is 52.8 Å². The molecule has 1 aromatic carbocycles. The Morgan fingerprint density at radius 1 is 1.24 bits per heavy atom. The summed E-state index contributed by atoms with van der Waals surface area (Å²) in [5.74, 6) is -0.264. The van der Waals surface area contributed by atoms with Gasteiger partial charge in [0.15, 0.2) is 9.84 Å². The molecule has 1 aliphatic heterocycles. The molecule has 1 amide bonds. The zero-order valence-corrected chi connectivity index (χ0v) is 14.6. The molecule has 2 aromatic rings. The minimum absolute atomic E-state index is 0.0262. The van der Waals surface area contributed by atoms with E-state index in [4.69, 9.17) is 0 Å². The van der Waals surface area contributed by atoms with Crippen LogP contribution in [-0.2, 0) is 21.2 Å². The molecule has 1 atom stereocenters. The lowest BCUT2D eigenvalue weighted by molar-refractivity contribution is -0.132. The average Bonchev–Trinajstić information content (AvgIpc) is 2.96. The molecule has 0 aliphatic carbocycles. The second kappa shape index (κ2) is 6.79. The number of aromatic nitrogens is 2. The highest BCUT2D eigenvalue weighted by atomic mass is 32.2. The van der Waals surface area contributed by atoms with Crippen molar-refractivity contribution in [2.24, 2.45) is 0 Å². The van der Waals surface area contributed by atoms with Gasteiger partial charge in [0.05, 0.1) is 17.2 Å². The summed E-state index contributed by atoms with van der Waals surface area (Å²) >= 11 is 0. The molecule has 1 fully saturated rings. The van der Waals surface area contributed by atoms with Gasteiger partial charge in [0.2, 0.25) is 5.91 Å². The lowest BCUT2D eigenvalue weighted by Gasteiger charge is -2.23. The predicted octanol–water partition coefficient (Wildman–Crippen LogP) is 0.556. The Balaban J connectivity index is 1.78. The smallest absolute Gasteiger partial charge is 0.267 e. The van der Waals surface area contributed by atoms with Gasteiger partial charge in [-0.3, -0.25) is 9.59 Å². The Morgan fingerprint density at radius 3 is 2.60 bits per heavy atom. The topological polar surface area (TPSA) is 89.3 Å². The van der Waals surface area contributed by atoms with Crippen LogP contribution in [0, 0.1) is 0 Å². The van der Waals surface area contributed by atoms with Crippen LogP contribution >= 0.6 is 0 Å². The number of likely N-dealkylation sites (N-methyl/N-ethyl adjacent to an activating group) is 1. The maximum Gasteiger partial charge on any atom is 0.267 e. The molecule has 8 heteroatoms. The third-order valence-electron chi connectivity index (χ3n) is 4.37. The zero-order valence-electron chi connectivity index (χ0n) is 13.8. The van der Waals surface area contributed by atoms with E-state index >= 15 is 0 Å². The van der Waals surface area contributed by atoms with Gasteiger partial charge in [-0.2, -0.15) is 5.10 Å². The van der Waals surface area contributed by atoms with Crippen molar-refractivity contribution in [2.75, 3.05) is 18.6 Å². The Kier molecular flexibility index (Phi) is 4.71. The zero-order chi connectivity index (χ0) is 18.0. The summed E-state index contributed by atoms with van der Waals surface area (Å²) in [7, 11) is -1.51. The molecule has 0 bridgehead atoms. The van der Waals surface area contributed by atoms with E-state index < -0.39 is 9.84 Å². The van der Waals surface area contributed by atoms with Crippen LogP contribution in [0.3, 0.4) is 0 Å². The highest BCUT2D eigenvalue weighted by molar-refractivity contribution is 7.91. The van der Waals surface area contributed by atoms with Gasteiger partial charge >= 0.3 is 0 Å². The highest BCUT2D eigenvalue weighted by Gasteiger charge is 2.32. The molecule has 2 heterocycles. The van der Waals surface area contributed by atoms with Gasteiger partial charge in [0, 0.05) is 24.7 Å². The van der Waals surface area contributed by atoms with Gasteiger partial charge in [0.25, 0.3) is 5.56 Å². The van der Waals surface area contributed by atoms with Crippen molar-refractivity contribution in [3.63, 3.8) is 0 Å². The molecule has 1 aliphatic rings. The van der Waals surface area contributed by atoms with E-state index in [-0.39, 0.29) is 35.6 Å². The number of nitrogens with zero attached hydrogens (tertiary/aromatic N) is 3. The fourth-order valence-corrected chi connectivity index (χ4v) is 4.62. The van der Waals surface area contributed by atoms with Crippen LogP contribution in [0.25, 0.3) is 11.3 Å². The van der Waals surface area contributed by atoms with Gasteiger partial charge in [0.1, 0.15) is 6.54 Å². The van der Waals surface area contributed by atoms with Gasteiger partial charge < -0.3 is 4.90 Å². The van der Waals surface area contributed by atoms with Crippen LogP contribution in [0.5, 0.6) is 0 Å². The third-order valence-corrected chi connectivity index (χ3v) is 6.12. The Morgan fingerprint density at radius 2 is 1.96 bits per heavy atom. The first kappa shape index (κ1) is 17.3. The summed E-state index contributed by atoms with van der Waals surface area (Å²) in [5, 5.41) is 4.26. The average molecular weight is 361 g/mol. The minimum Gasteiger partial charge on any atom is -0.340 e. The molecule has 25 heavy (non-hydrogen) atoms. The van der Waals surface area contributed by atoms with Crippen molar-refractivity contribution in [1.82, 2.24) is 14.7 Å². The first-order chi connectivity index (χ1) is 11.9. The number of hydrogen-bond donors (Lipinski definition) is 0. The van der Waals surface area contributed by atoms with Crippen LogP contribution in [-0.4, -0.2) is 53.6 Å². The molecule has 0 radical (unpaired) electrons. The summed E-state index contributed by atoms with van der Waals surface area (Å²) < 4.78 is 24.3. The molecule has 0 saturated carbocycles. The fraction of sp³-hybridized carbons (Fsp3) is 0.353. The number of amides is 1. The highest BCUT2D eigenvalue weighted by Crippen LogP contribution is 2.17. The lowest BCUT2D eigenvalue weighted by Crippen LogP contribution is -2.41. The lowest BCUT2D eigenvalue weighted by atomic mass is 10.1. The number of carbonyl (C=O) groups is 1. The molecular formula is C17H19N3O4S. The first-order valence-electron chi connectivity index (χ1n) is 7.95. The van der Waals surface area contributed by atoms with E-state index in [0.29, 0.717) is 12.1 Å². The van der Waals surface area contributed by atoms with E-state index in [1.165, 1.54) is 11.0 Å². The molecule has 0 unspecified atom stereocenters. The fourth-order valence-electron chi connectivity index (χ4n) is 2.85. The van der Waals surface area contributed by atoms with E-state index in [1.54, 1.807) is 13.1 Å². The van der Waals surface area contributed by atoms with Crippen molar-refractivity contribution in [2.45, 2.75) is 19.0 Å². The van der Waals surface area contributed by atoms with Crippen molar-refractivity contribution < 1.29 is 13.2 Å². The number of rotatable bonds is 4. The summed E-state index contributed by atoms with van der Waals surface area (Å²) in [6.07, 6.45) is 0.428. The number of hydrogen-bond acceptors (Lipinski definition) is 5. The molecule has 132 valence electrons. The molecule has 3 rings (SSSR count). The molecule has 0 spiro atoms. The second-order valence-corrected chi connectivity index (χ2v) is 8.37. The minimum atomic E-state index is -3.08. The molecule has 7 nitrogen and oxygen atoms in total. The maximum atomic E-state index is 12.4. The first-order valence-corrected chi connectivity index (χ1v) is 9.77. The Labute approximate surface area is 145 Å². The van der Waals surface area contributed by atoms with Gasteiger partial charge in [-0.15, -0.1) is 0 Å². The predicted molar refractivity (Wildman–Crippen MR) is 93.8 cm³/mol. The normalized spacial score (nSPS) is 18.8. The van der Waals surface area contributed by atoms with E-state index in [0.717, 1.165) is 10.2 Å². The van der Waals surface area contributed by atoms with Crippen molar-refractivity contribution >= 4 is 15.7 Å². The number of carbonyl (C=O) groups excluding carboxylic acids is 1. The van der Waals surface area contributed by atoms with Crippen LogP contribution < -0.4 is 5.56 Å². The quantitative estimate of drug-likeness (QED) is 0.794. The van der Waals surface area contributed by atoms with Gasteiger partial charge in [-0.05, 0) is 12.5 Å². The van der Waals surface area contributed by atoms with E-state index in [2.05, 4.69) is 5.10 Å². The molecule has 1 saturated heterocycles. The third kappa shape index (κ3) is 3.96. The number of benzene rings is 1. The maximum absolute atomic E-state index is 12.4. The number of sulfone groups is 1. The molecule has 0 N–H and O–H groups in total. The largest absolute Gasteiger partial charge is 0.340 e. The summed E-state index contributed by atoms with van der Waals surface area (Å²) in [6, 6.07) is 12.0. The summed E-state index contributed by atoms with van der Waals surface area (Å²) in [5.41, 5.74) is 1.07. The van der Waals surface area contributed by atoms with Crippen LogP contribution in [0.2, 0.25) is 0 Å². The Bertz CT molecular complexity index is 938. The van der Waals surface area contributed by atoms with Gasteiger partial charge in [-0.1, -0.05) is 30.3 Å². The SMILES string of the molecule is CN(C(=O)Cn1nc(-c2ccccc2)ccc1=O)[C@H]1CCS(=O)(=O)C1. The van der Waals surface area contributed by atoms with Crippen molar-refractivity contribution in [1.29, 1.82) is 0 Å². The second-order valence-electron chi connectivity index (χ2n) is 6.14. The van der Waals surface area contributed by atoms with Crippen LogP contribution in [0.15, 0.2) is 47.3 Å². The standard InChI is InChI=1S/C17H19N3O4S/c1-19(14-9-10-25(23,24)12-14)17(22)11-20-16(21)8-7-15(18-20)13-5-3-2-4-6-13/h2-8,14H,9-12H2,1H3/t14-/m0/s1. The monoisotopic (exact) mass is 361 g/mol. The van der Waals surface area contributed by atoms with E-state index in [9.17, 15) is 18.0 Å². The van der Waals surface area contributed by atoms with Crippen molar-refractivity contribution in [3.8, 4) is 11.3 Å². The van der Waals surface area contributed by atoms with E-state index in [1.807, 2.05) is 30.3 Å².